The number of hydrogen-bond donors (Lipinski definition) is 1. The van der Waals surface area contributed by atoms with Crippen LogP contribution >= 0.6 is 0 Å². The van der Waals surface area contributed by atoms with Crippen LogP contribution in [0.3, 0.4) is 0 Å². The van der Waals surface area contributed by atoms with E-state index in [-0.39, 0.29) is 0 Å². The van der Waals surface area contributed by atoms with E-state index in [0.717, 1.165) is 25.6 Å². The van der Waals surface area contributed by atoms with Gasteiger partial charge in [-0.15, -0.1) is 0 Å². The van der Waals surface area contributed by atoms with Gasteiger partial charge in [-0.3, -0.25) is 4.90 Å². The average molecular weight is 286 g/mol. The number of rotatable bonds is 3. The number of nitrogens with zero attached hydrogens (tertiary/aromatic N) is 3. The van der Waals surface area contributed by atoms with Crippen LogP contribution in [0.2, 0.25) is 0 Å². The fraction of sp³-hybridized carbons (Fsp3) is 0.706. The Labute approximate surface area is 127 Å². The van der Waals surface area contributed by atoms with Crippen molar-refractivity contribution < 1.29 is 0 Å². The zero-order valence-corrected chi connectivity index (χ0v) is 12.9. The molecule has 0 spiro atoms. The van der Waals surface area contributed by atoms with Crippen LogP contribution in [-0.2, 0) is 19.4 Å². The van der Waals surface area contributed by atoms with E-state index in [1.54, 1.807) is 0 Å². The summed E-state index contributed by atoms with van der Waals surface area (Å²) in [5.41, 5.74) is 10.0. The van der Waals surface area contributed by atoms with E-state index in [2.05, 4.69) is 15.9 Å². The van der Waals surface area contributed by atoms with Gasteiger partial charge in [0.15, 0.2) is 0 Å². The monoisotopic (exact) mass is 286 g/mol. The van der Waals surface area contributed by atoms with Gasteiger partial charge in [-0.2, -0.15) is 0 Å². The minimum absolute atomic E-state index is 0.612. The number of fused-ring (bicyclic) bond motifs is 1. The quantitative estimate of drug-likeness (QED) is 0.919. The molecule has 3 heterocycles. The highest BCUT2D eigenvalue weighted by Crippen LogP contribution is 2.30. The van der Waals surface area contributed by atoms with Gasteiger partial charge in [0.05, 0.1) is 0 Å². The number of nitrogens with two attached hydrogens (primary N) is 1. The summed E-state index contributed by atoms with van der Waals surface area (Å²) >= 11 is 0. The van der Waals surface area contributed by atoms with E-state index < -0.39 is 0 Å². The zero-order valence-electron chi connectivity index (χ0n) is 12.9. The van der Waals surface area contributed by atoms with Crippen LogP contribution in [0, 0.1) is 0 Å². The van der Waals surface area contributed by atoms with E-state index in [9.17, 15) is 0 Å². The predicted octanol–water partition coefficient (Wildman–Crippen LogP) is 1.70. The Morgan fingerprint density at radius 1 is 1.14 bits per heavy atom. The molecule has 0 amide bonds. The summed E-state index contributed by atoms with van der Waals surface area (Å²) in [6, 6.07) is 3.06. The Bertz CT molecular complexity index is 522. The molecule has 1 aliphatic carbocycles. The molecule has 2 aliphatic heterocycles. The van der Waals surface area contributed by atoms with Crippen molar-refractivity contribution in [1.29, 1.82) is 0 Å². The molecule has 2 N–H and O–H groups in total. The molecule has 4 rings (SSSR count). The molecule has 1 atom stereocenters. The van der Waals surface area contributed by atoms with E-state index in [1.165, 1.54) is 67.8 Å². The fourth-order valence-corrected chi connectivity index (χ4v) is 4.27. The normalized spacial score (nSPS) is 25.8. The summed E-state index contributed by atoms with van der Waals surface area (Å²) in [5.74, 6) is 1.18. The van der Waals surface area contributed by atoms with Gasteiger partial charge in [0.25, 0.3) is 0 Å². The maximum atomic E-state index is 5.99. The Balaban J connectivity index is 1.56. The summed E-state index contributed by atoms with van der Waals surface area (Å²) in [6.45, 7) is 5.47. The van der Waals surface area contributed by atoms with Crippen LogP contribution in [0.5, 0.6) is 0 Å². The first-order valence-corrected chi connectivity index (χ1v) is 8.56. The lowest BCUT2D eigenvalue weighted by Crippen LogP contribution is -2.35. The lowest BCUT2D eigenvalue weighted by atomic mass is 10.1. The second-order valence-corrected chi connectivity index (χ2v) is 6.77. The summed E-state index contributed by atoms with van der Waals surface area (Å²) < 4.78 is 0. The average Bonchev–Trinajstić information content (AvgIpc) is 3.24. The van der Waals surface area contributed by atoms with Gasteiger partial charge in [0.1, 0.15) is 5.82 Å². The Kier molecular flexibility index (Phi) is 3.59. The van der Waals surface area contributed by atoms with Crippen molar-refractivity contribution in [2.24, 2.45) is 5.73 Å². The molecule has 1 unspecified atom stereocenters. The lowest BCUT2D eigenvalue weighted by Gasteiger charge is -2.25. The molecule has 2 fully saturated rings. The smallest absolute Gasteiger partial charge is 0.133 e. The standard InChI is InChI=1S/C17H26N4/c18-11-14-10-13-4-3-5-16(13)19-17(14)21-9-6-15(12-21)20-7-1-2-8-20/h10,15H,1-9,11-12,18H2. The highest BCUT2D eigenvalue weighted by atomic mass is 15.3. The molecule has 0 radical (unpaired) electrons. The fourth-order valence-electron chi connectivity index (χ4n) is 4.27. The van der Waals surface area contributed by atoms with E-state index in [0.29, 0.717) is 6.54 Å². The zero-order chi connectivity index (χ0) is 14.2. The van der Waals surface area contributed by atoms with Gasteiger partial charge < -0.3 is 10.6 Å². The Morgan fingerprint density at radius 3 is 2.81 bits per heavy atom. The maximum absolute atomic E-state index is 5.99. The number of anilines is 1. The summed E-state index contributed by atoms with van der Waals surface area (Å²) in [5, 5.41) is 0. The van der Waals surface area contributed by atoms with Crippen molar-refractivity contribution >= 4 is 5.82 Å². The van der Waals surface area contributed by atoms with Crippen LogP contribution in [0.15, 0.2) is 6.07 Å². The number of likely N-dealkylation sites (tertiary alicyclic amines) is 1. The number of hydrogen-bond acceptors (Lipinski definition) is 4. The number of pyridine rings is 1. The minimum Gasteiger partial charge on any atom is -0.355 e. The SMILES string of the molecule is NCc1cc2c(nc1N1CCC(N3CCCC3)C1)CCC2. The molecule has 1 aromatic rings. The minimum atomic E-state index is 0.612. The highest BCUT2D eigenvalue weighted by Gasteiger charge is 2.31. The molecule has 0 aromatic carbocycles. The van der Waals surface area contributed by atoms with Crippen molar-refractivity contribution in [3.63, 3.8) is 0 Å². The molecule has 1 aromatic heterocycles. The molecular formula is C17H26N4. The first-order chi connectivity index (χ1) is 10.3. The van der Waals surface area contributed by atoms with Crippen LogP contribution in [0.25, 0.3) is 0 Å². The first-order valence-electron chi connectivity index (χ1n) is 8.56. The summed E-state index contributed by atoms with van der Waals surface area (Å²) in [6.07, 6.45) is 7.63. The molecule has 21 heavy (non-hydrogen) atoms. The van der Waals surface area contributed by atoms with Crippen molar-refractivity contribution in [3.05, 3.63) is 22.9 Å². The van der Waals surface area contributed by atoms with Gasteiger partial charge >= 0.3 is 0 Å². The third kappa shape index (κ3) is 2.44. The van der Waals surface area contributed by atoms with E-state index in [4.69, 9.17) is 10.7 Å². The van der Waals surface area contributed by atoms with Crippen LogP contribution in [-0.4, -0.2) is 42.1 Å². The first kappa shape index (κ1) is 13.5. The molecule has 3 aliphatic rings. The third-order valence-electron chi connectivity index (χ3n) is 5.45. The van der Waals surface area contributed by atoms with Gasteiger partial charge in [-0.25, -0.2) is 4.98 Å². The molecule has 4 heteroatoms. The second kappa shape index (κ2) is 5.58. The number of aryl methyl sites for hydroxylation is 2. The number of aromatic nitrogens is 1. The molecule has 0 saturated carbocycles. The predicted molar refractivity (Wildman–Crippen MR) is 85.6 cm³/mol. The summed E-state index contributed by atoms with van der Waals surface area (Å²) in [4.78, 5) is 10.2. The maximum Gasteiger partial charge on any atom is 0.133 e. The van der Waals surface area contributed by atoms with E-state index in [1.807, 2.05) is 0 Å². The second-order valence-electron chi connectivity index (χ2n) is 6.77. The van der Waals surface area contributed by atoms with Crippen molar-refractivity contribution in [2.45, 2.75) is 51.1 Å². The summed E-state index contributed by atoms with van der Waals surface area (Å²) in [7, 11) is 0. The Hall–Kier alpha value is -1.13. The lowest BCUT2D eigenvalue weighted by molar-refractivity contribution is 0.260. The topological polar surface area (TPSA) is 45.4 Å². The Morgan fingerprint density at radius 2 is 2.00 bits per heavy atom. The third-order valence-corrected chi connectivity index (χ3v) is 5.45. The van der Waals surface area contributed by atoms with Crippen LogP contribution in [0.4, 0.5) is 5.82 Å². The molecule has 114 valence electrons. The van der Waals surface area contributed by atoms with Gasteiger partial charge in [0.2, 0.25) is 0 Å². The molecule has 2 saturated heterocycles. The van der Waals surface area contributed by atoms with E-state index >= 15 is 0 Å². The van der Waals surface area contributed by atoms with Crippen LogP contribution in [0.1, 0.15) is 42.5 Å². The van der Waals surface area contributed by atoms with Gasteiger partial charge in [-0.05, 0) is 63.2 Å². The van der Waals surface area contributed by atoms with Crippen molar-refractivity contribution in [1.82, 2.24) is 9.88 Å². The highest BCUT2D eigenvalue weighted by molar-refractivity contribution is 5.52. The van der Waals surface area contributed by atoms with Crippen molar-refractivity contribution in [3.8, 4) is 0 Å². The van der Waals surface area contributed by atoms with Gasteiger partial charge in [-0.1, -0.05) is 0 Å². The van der Waals surface area contributed by atoms with Gasteiger partial charge in [0, 0.05) is 36.9 Å². The molecule has 0 bridgehead atoms. The largest absolute Gasteiger partial charge is 0.355 e. The van der Waals surface area contributed by atoms with Crippen molar-refractivity contribution in [2.75, 3.05) is 31.1 Å². The molecule has 4 nitrogen and oxygen atoms in total. The molecular weight excluding hydrogens is 260 g/mol. The van der Waals surface area contributed by atoms with Crippen LogP contribution < -0.4 is 10.6 Å².